The number of hydrogen-bond acceptors (Lipinski definition) is 9. The van der Waals surface area contributed by atoms with E-state index in [0.29, 0.717) is 25.0 Å². The van der Waals surface area contributed by atoms with Gasteiger partial charge in [-0.1, -0.05) is 0 Å². The van der Waals surface area contributed by atoms with Crippen LogP contribution in [0.5, 0.6) is 0 Å². The summed E-state index contributed by atoms with van der Waals surface area (Å²) >= 11 is 0. The molecule has 0 bridgehead atoms. The zero-order valence-corrected chi connectivity index (χ0v) is 17.0. The Balaban J connectivity index is 1.78. The predicted molar refractivity (Wildman–Crippen MR) is 103 cm³/mol. The molecule has 2 aromatic heterocycles. The molecule has 3 rings (SSSR count). The van der Waals surface area contributed by atoms with Gasteiger partial charge in [-0.25, -0.2) is 9.97 Å². The van der Waals surface area contributed by atoms with Crippen molar-refractivity contribution in [2.45, 2.75) is 64.5 Å². The van der Waals surface area contributed by atoms with Gasteiger partial charge in [0.15, 0.2) is 11.2 Å². The summed E-state index contributed by atoms with van der Waals surface area (Å²) < 4.78 is 19.4. The van der Waals surface area contributed by atoms with Crippen molar-refractivity contribution >= 4 is 23.1 Å². The minimum atomic E-state index is -0.632. The third-order valence-corrected chi connectivity index (χ3v) is 4.87. The number of aromatic nitrogens is 4. The van der Waals surface area contributed by atoms with Crippen LogP contribution in [0.15, 0.2) is 17.4 Å². The normalized spacial score (nSPS) is 21.1. The third-order valence-electron chi connectivity index (χ3n) is 4.87. The summed E-state index contributed by atoms with van der Waals surface area (Å²) in [7, 11) is 0. The van der Waals surface area contributed by atoms with Crippen molar-refractivity contribution in [2.75, 3.05) is 13.2 Å². The van der Waals surface area contributed by atoms with Crippen LogP contribution in [-0.2, 0) is 30.3 Å². The van der Waals surface area contributed by atoms with Gasteiger partial charge >= 0.3 is 11.9 Å². The number of unbranched alkanes of at least 4 members (excludes halogenated alkanes) is 2. The minimum Gasteiger partial charge on any atom is -0.463 e. The molecule has 11 nitrogen and oxygen atoms in total. The van der Waals surface area contributed by atoms with Crippen molar-refractivity contribution in [1.29, 1.82) is 0 Å². The third kappa shape index (κ3) is 5.03. The van der Waals surface area contributed by atoms with E-state index in [1.165, 1.54) is 31.1 Å². The van der Waals surface area contributed by atoms with Crippen LogP contribution in [0.4, 0.5) is 0 Å². The number of fused-ring (bicyclic) bond motifs is 1. The van der Waals surface area contributed by atoms with Crippen LogP contribution in [0.3, 0.4) is 0 Å². The Hall–Kier alpha value is -2.79. The number of hydrogen-bond donors (Lipinski definition) is 1. The SMILES string of the molecule is CC(=O)OC[C@H]1O[C@@H](n2cnc3c(=O)n(CCCCCO)cnc32)C[C@@H]1OC(C)=O. The lowest BCUT2D eigenvalue weighted by Crippen LogP contribution is -2.31. The fourth-order valence-electron chi connectivity index (χ4n) is 3.44. The Bertz CT molecular complexity index is 954. The first-order valence-corrected chi connectivity index (χ1v) is 9.89. The second kappa shape index (κ2) is 9.81. The number of imidazole rings is 1. The molecule has 1 saturated heterocycles. The Morgan fingerprint density at radius 2 is 2.00 bits per heavy atom. The number of carbonyl (C=O) groups excluding carboxylic acids is 2. The van der Waals surface area contributed by atoms with Crippen LogP contribution >= 0.6 is 0 Å². The zero-order chi connectivity index (χ0) is 21.7. The van der Waals surface area contributed by atoms with E-state index in [4.69, 9.17) is 19.3 Å². The topological polar surface area (TPSA) is 135 Å². The number of aliphatic hydroxyl groups excluding tert-OH is 1. The van der Waals surface area contributed by atoms with Crippen molar-refractivity contribution in [2.24, 2.45) is 0 Å². The molecule has 0 aromatic carbocycles. The number of aryl methyl sites for hydroxylation is 1. The quantitative estimate of drug-likeness (QED) is 0.454. The van der Waals surface area contributed by atoms with Crippen molar-refractivity contribution in [3.63, 3.8) is 0 Å². The molecule has 1 aliphatic rings. The summed E-state index contributed by atoms with van der Waals surface area (Å²) in [6.45, 7) is 3.16. The van der Waals surface area contributed by atoms with E-state index in [2.05, 4.69) is 9.97 Å². The van der Waals surface area contributed by atoms with Crippen LogP contribution in [0.1, 0.15) is 45.8 Å². The molecule has 3 heterocycles. The molecule has 0 aliphatic carbocycles. The molecular formula is C19H26N4O7. The van der Waals surface area contributed by atoms with Gasteiger partial charge < -0.3 is 19.3 Å². The number of esters is 2. The van der Waals surface area contributed by atoms with Crippen molar-refractivity contribution in [3.8, 4) is 0 Å². The molecule has 2 aromatic rings. The smallest absolute Gasteiger partial charge is 0.303 e. The highest BCUT2D eigenvalue weighted by Gasteiger charge is 2.40. The molecule has 0 spiro atoms. The van der Waals surface area contributed by atoms with Gasteiger partial charge in [-0.2, -0.15) is 0 Å². The second-order valence-electron chi connectivity index (χ2n) is 7.17. The Morgan fingerprint density at radius 1 is 1.20 bits per heavy atom. The van der Waals surface area contributed by atoms with Gasteiger partial charge in [0, 0.05) is 33.4 Å². The van der Waals surface area contributed by atoms with E-state index >= 15 is 0 Å². The molecule has 0 radical (unpaired) electrons. The number of nitrogens with zero attached hydrogens (tertiary/aromatic N) is 4. The van der Waals surface area contributed by atoms with Crippen molar-refractivity contribution in [3.05, 3.63) is 23.0 Å². The summed E-state index contributed by atoms with van der Waals surface area (Å²) in [4.78, 5) is 43.8. The summed E-state index contributed by atoms with van der Waals surface area (Å²) in [5, 5.41) is 8.85. The fraction of sp³-hybridized carbons (Fsp3) is 0.632. The van der Waals surface area contributed by atoms with Gasteiger partial charge in [0.2, 0.25) is 0 Å². The van der Waals surface area contributed by atoms with Crippen LogP contribution < -0.4 is 5.56 Å². The average molecular weight is 422 g/mol. The van der Waals surface area contributed by atoms with Gasteiger partial charge in [-0.15, -0.1) is 0 Å². The highest BCUT2D eigenvalue weighted by Crippen LogP contribution is 2.32. The van der Waals surface area contributed by atoms with Gasteiger partial charge in [0.25, 0.3) is 5.56 Å². The van der Waals surface area contributed by atoms with E-state index in [1.807, 2.05) is 0 Å². The first-order valence-electron chi connectivity index (χ1n) is 9.89. The molecule has 11 heteroatoms. The Labute approximate surface area is 172 Å². The van der Waals surface area contributed by atoms with Crippen molar-refractivity contribution in [1.82, 2.24) is 19.1 Å². The Kier molecular flexibility index (Phi) is 7.16. The summed E-state index contributed by atoms with van der Waals surface area (Å²) in [6.07, 6.45) is 3.69. The lowest BCUT2D eigenvalue weighted by molar-refractivity contribution is -0.155. The maximum Gasteiger partial charge on any atom is 0.303 e. The Morgan fingerprint density at radius 3 is 2.70 bits per heavy atom. The summed E-state index contributed by atoms with van der Waals surface area (Å²) in [5.41, 5.74) is 0.329. The number of aliphatic hydroxyl groups is 1. The lowest BCUT2D eigenvalue weighted by atomic mass is 10.2. The van der Waals surface area contributed by atoms with Crippen LogP contribution in [0.25, 0.3) is 11.2 Å². The molecular weight excluding hydrogens is 396 g/mol. The van der Waals surface area contributed by atoms with Crippen LogP contribution in [0.2, 0.25) is 0 Å². The zero-order valence-electron chi connectivity index (χ0n) is 17.0. The largest absolute Gasteiger partial charge is 0.463 e. The van der Waals surface area contributed by atoms with E-state index in [-0.39, 0.29) is 24.3 Å². The predicted octanol–water partition coefficient (Wildman–Crippen LogP) is 0.538. The summed E-state index contributed by atoms with van der Waals surface area (Å²) in [6, 6.07) is 0. The van der Waals surface area contributed by atoms with Gasteiger partial charge in [-0.05, 0) is 19.3 Å². The monoisotopic (exact) mass is 422 g/mol. The molecule has 1 aliphatic heterocycles. The van der Waals surface area contributed by atoms with E-state index in [0.717, 1.165) is 12.8 Å². The molecule has 164 valence electrons. The van der Waals surface area contributed by atoms with Crippen LogP contribution in [-0.4, -0.2) is 61.6 Å². The van der Waals surface area contributed by atoms with Crippen molar-refractivity contribution < 1.29 is 28.9 Å². The standard InChI is InChI=1S/C19H26N4O7/c1-12(25)28-9-15-14(29-13(2)26)8-16(30-15)23-11-20-17-18(23)21-10-22(19(17)27)6-4-3-5-7-24/h10-11,14-16,24H,3-9H2,1-2H3/t14-,15+,16+/m0/s1. The molecule has 1 fully saturated rings. The van der Waals surface area contributed by atoms with Gasteiger partial charge in [-0.3, -0.25) is 23.5 Å². The fourth-order valence-corrected chi connectivity index (χ4v) is 3.44. The van der Waals surface area contributed by atoms with E-state index < -0.39 is 30.4 Å². The maximum absolute atomic E-state index is 12.7. The van der Waals surface area contributed by atoms with Crippen LogP contribution in [0, 0.1) is 0 Å². The molecule has 30 heavy (non-hydrogen) atoms. The maximum atomic E-state index is 12.7. The highest BCUT2D eigenvalue weighted by molar-refractivity contribution is 5.69. The number of rotatable bonds is 9. The van der Waals surface area contributed by atoms with E-state index in [9.17, 15) is 14.4 Å². The first-order chi connectivity index (χ1) is 14.4. The molecule has 0 amide bonds. The van der Waals surface area contributed by atoms with E-state index in [1.54, 1.807) is 4.57 Å². The molecule has 3 atom stereocenters. The average Bonchev–Trinajstić information content (AvgIpc) is 3.29. The molecule has 0 unspecified atom stereocenters. The number of ether oxygens (including phenoxy) is 3. The summed E-state index contributed by atoms with van der Waals surface area (Å²) in [5.74, 6) is -0.923. The lowest BCUT2D eigenvalue weighted by Gasteiger charge is -2.17. The van der Waals surface area contributed by atoms with Gasteiger partial charge in [0.05, 0.1) is 6.33 Å². The molecule has 1 N–H and O–H groups in total. The highest BCUT2D eigenvalue weighted by atomic mass is 16.6. The second-order valence-corrected chi connectivity index (χ2v) is 7.17. The number of carbonyl (C=O) groups is 2. The molecule has 0 saturated carbocycles. The first kappa shape index (κ1) is 21.9. The van der Waals surface area contributed by atoms with Gasteiger partial charge in [0.1, 0.15) is 31.4 Å². The minimum absolute atomic E-state index is 0.0511.